The third-order valence-electron chi connectivity index (χ3n) is 3.65. The van der Waals surface area contributed by atoms with Gasteiger partial charge in [0.2, 0.25) is 0 Å². The first-order valence-corrected chi connectivity index (χ1v) is 8.32. The van der Waals surface area contributed by atoms with Gasteiger partial charge in [0, 0.05) is 30.1 Å². The molecule has 1 aromatic carbocycles. The molecule has 0 unspecified atom stereocenters. The number of benzene rings is 1. The van der Waals surface area contributed by atoms with Crippen molar-refractivity contribution in [2.75, 3.05) is 11.8 Å². The molecule has 0 radical (unpaired) electrons. The van der Waals surface area contributed by atoms with E-state index in [2.05, 4.69) is 29.1 Å². The second-order valence-corrected chi connectivity index (χ2v) is 6.04. The van der Waals surface area contributed by atoms with Crippen molar-refractivity contribution in [3.05, 3.63) is 48.0 Å². The summed E-state index contributed by atoms with van der Waals surface area (Å²) < 4.78 is 1.96. The summed E-state index contributed by atoms with van der Waals surface area (Å²) in [6.07, 6.45) is 4.24. The zero-order valence-corrected chi connectivity index (χ0v) is 13.8. The molecular weight excluding hydrogens is 305 g/mol. The number of rotatable bonds is 8. The van der Waals surface area contributed by atoms with Gasteiger partial charge in [0.25, 0.3) is 0 Å². The molecule has 0 aliphatic heterocycles. The van der Waals surface area contributed by atoms with Crippen molar-refractivity contribution >= 4 is 23.2 Å². The van der Waals surface area contributed by atoms with Crippen LogP contribution in [-0.4, -0.2) is 26.5 Å². The maximum Gasteiger partial charge on any atom is 0.138 e. The van der Waals surface area contributed by atoms with E-state index < -0.39 is 0 Å². The molecule has 0 aliphatic carbocycles. The molecule has 2 aromatic rings. The summed E-state index contributed by atoms with van der Waals surface area (Å²) in [7, 11) is 0. The summed E-state index contributed by atoms with van der Waals surface area (Å²) in [6, 6.07) is 10.3. The highest BCUT2D eigenvalue weighted by Crippen LogP contribution is 2.30. The molecule has 0 saturated carbocycles. The van der Waals surface area contributed by atoms with E-state index in [-0.39, 0.29) is 5.41 Å². The highest BCUT2D eigenvalue weighted by Gasteiger charge is 2.31. The van der Waals surface area contributed by atoms with Crippen LogP contribution in [-0.2, 0) is 19.4 Å². The van der Waals surface area contributed by atoms with Gasteiger partial charge >= 0.3 is 0 Å². The monoisotopic (exact) mass is 325 g/mol. The quantitative estimate of drug-likeness (QED) is 0.688. The number of hydrogen-bond donors (Lipinski definition) is 0. The maximum atomic E-state index is 6.28. The highest BCUT2D eigenvalue weighted by molar-refractivity contribution is 6.21. The van der Waals surface area contributed by atoms with Gasteiger partial charge in [-0.1, -0.05) is 37.3 Å². The number of hydrogen-bond acceptors (Lipinski definition) is 2. The molecule has 1 heterocycles. The lowest BCUT2D eigenvalue weighted by atomic mass is 9.82. The Kier molecular flexibility index (Phi) is 6.07. The van der Waals surface area contributed by atoms with Gasteiger partial charge in [0.1, 0.15) is 12.2 Å². The highest BCUT2D eigenvalue weighted by atomic mass is 35.5. The fourth-order valence-corrected chi connectivity index (χ4v) is 3.14. The third-order valence-corrected chi connectivity index (χ3v) is 4.79. The minimum Gasteiger partial charge on any atom is -0.250 e. The van der Waals surface area contributed by atoms with Crippen LogP contribution in [0.3, 0.4) is 0 Å². The number of aryl methyl sites for hydroxylation is 1. The first-order chi connectivity index (χ1) is 10.2. The van der Waals surface area contributed by atoms with Crippen LogP contribution in [0.15, 0.2) is 36.7 Å². The molecule has 0 atom stereocenters. The summed E-state index contributed by atoms with van der Waals surface area (Å²) in [5.41, 5.74) is 1.06. The van der Waals surface area contributed by atoms with Gasteiger partial charge in [-0.3, -0.25) is 4.68 Å². The molecule has 1 aromatic heterocycles. The topological polar surface area (TPSA) is 30.7 Å². The first-order valence-electron chi connectivity index (χ1n) is 7.25. The summed E-state index contributed by atoms with van der Waals surface area (Å²) in [6.45, 7) is 3.01. The smallest absolute Gasteiger partial charge is 0.138 e. The van der Waals surface area contributed by atoms with E-state index in [0.717, 1.165) is 31.6 Å². The Labute approximate surface area is 136 Å². The fraction of sp³-hybridized carbons (Fsp3) is 0.500. The average molecular weight is 326 g/mol. The zero-order valence-electron chi connectivity index (χ0n) is 12.3. The van der Waals surface area contributed by atoms with Crippen LogP contribution in [0.1, 0.15) is 24.7 Å². The molecule has 21 heavy (non-hydrogen) atoms. The van der Waals surface area contributed by atoms with E-state index in [9.17, 15) is 0 Å². The Morgan fingerprint density at radius 1 is 1.10 bits per heavy atom. The lowest BCUT2D eigenvalue weighted by Crippen LogP contribution is -2.32. The van der Waals surface area contributed by atoms with Crippen LogP contribution in [0.25, 0.3) is 0 Å². The van der Waals surface area contributed by atoms with Crippen LogP contribution in [0.5, 0.6) is 0 Å². The molecule has 2 rings (SSSR count). The molecule has 114 valence electrons. The molecule has 0 saturated heterocycles. The maximum absolute atomic E-state index is 6.28. The van der Waals surface area contributed by atoms with E-state index >= 15 is 0 Å². The van der Waals surface area contributed by atoms with E-state index in [4.69, 9.17) is 23.2 Å². The second-order valence-electron chi connectivity index (χ2n) is 5.51. The van der Waals surface area contributed by atoms with Crippen molar-refractivity contribution in [1.82, 2.24) is 14.8 Å². The lowest BCUT2D eigenvalue weighted by molar-refractivity contribution is 0.354. The minimum absolute atomic E-state index is 0.191. The Morgan fingerprint density at radius 3 is 2.43 bits per heavy atom. The zero-order chi connectivity index (χ0) is 15.1. The predicted octanol–water partition coefficient (Wildman–Crippen LogP) is 3.94. The van der Waals surface area contributed by atoms with Gasteiger partial charge in [0.15, 0.2) is 0 Å². The standard InChI is InChI=1S/C16H21Cl2N3/c1-2-8-21-15(19-13-20-21)10-16(11-17,12-18)9-14-6-4-3-5-7-14/h3-7,13H,2,8-12H2,1H3. The van der Waals surface area contributed by atoms with E-state index in [1.807, 2.05) is 22.9 Å². The van der Waals surface area contributed by atoms with Gasteiger partial charge in [-0.15, -0.1) is 23.2 Å². The summed E-state index contributed by atoms with van der Waals surface area (Å²) in [4.78, 5) is 4.39. The van der Waals surface area contributed by atoms with Crippen LogP contribution >= 0.6 is 23.2 Å². The van der Waals surface area contributed by atoms with Crippen LogP contribution in [0.4, 0.5) is 0 Å². The third kappa shape index (κ3) is 4.21. The largest absolute Gasteiger partial charge is 0.250 e. The predicted molar refractivity (Wildman–Crippen MR) is 88.0 cm³/mol. The number of nitrogens with zero attached hydrogens (tertiary/aromatic N) is 3. The van der Waals surface area contributed by atoms with Crippen molar-refractivity contribution in [2.24, 2.45) is 5.41 Å². The molecule has 0 spiro atoms. The van der Waals surface area contributed by atoms with E-state index in [1.165, 1.54) is 5.56 Å². The van der Waals surface area contributed by atoms with Gasteiger partial charge in [-0.25, -0.2) is 4.98 Å². The molecule has 0 bridgehead atoms. The van der Waals surface area contributed by atoms with Crippen molar-refractivity contribution < 1.29 is 0 Å². The number of aromatic nitrogens is 3. The molecule has 3 nitrogen and oxygen atoms in total. The number of alkyl halides is 2. The lowest BCUT2D eigenvalue weighted by Gasteiger charge is -2.29. The van der Waals surface area contributed by atoms with Crippen molar-refractivity contribution in [1.29, 1.82) is 0 Å². The van der Waals surface area contributed by atoms with Gasteiger partial charge in [0.05, 0.1) is 0 Å². The van der Waals surface area contributed by atoms with E-state index in [1.54, 1.807) is 6.33 Å². The fourth-order valence-electron chi connectivity index (χ4n) is 2.48. The molecule has 0 aliphatic rings. The molecular formula is C16H21Cl2N3. The van der Waals surface area contributed by atoms with Crippen LogP contribution in [0, 0.1) is 5.41 Å². The SMILES string of the molecule is CCCn1ncnc1CC(CCl)(CCl)Cc1ccccc1. The molecule has 0 amide bonds. The Balaban J connectivity index is 2.19. The van der Waals surface area contributed by atoms with E-state index in [0.29, 0.717) is 11.8 Å². The molecule has 5 heteroatoms. The van der Waals surface area contributed by atoms with Gasteiger partial charge in [-0.2, -0.15) is 5.10 Å². The van der Waals surface area contributed by atoms with Gasteiger partial charge < -0.3 is 0 Å². The Bertz CT molecular complexity index is 535. The first kappa shape index (κ1) is 16.3. The molecule has 0 N–H and O–H groups in total. The van der Waals surface area contributed by atoms with Crippen LogP contribution < -0.4 is 0 Å². The summed E-state index contributed by atoms with van der Waals surface area (Å²) >= 11 is 12.6. The Morgan fingerprint density at radius 2 is 1.81 bits per heavy atom. The molecule has 0 fully saturated rings. The average Bonchev–Trinajstić information content (AvgIpc) is 2.95. The summed E-state index contributed by atoms with van der Waals surface area (Å²) in [5.74, 6) is 1.98. The Hall–Kier alpha value is -1.06. The normalized spacial score (nSPS) is 11.8. The van der Waals surface area contributed by atoms with Gasteiger partial charge in [-0.05, 0) is 18.4 Å². The minimum atomic E-state index is -0.191. The van der Waals surface area contributed by atoms with Crippen molar-refractivity contribution in [3.63, 3.8) is 0 Å². The second kappa shape index (κ2) is 7.81. The van der Waals surface area contributed by atoms with Crippen LogP contribution in [0.2, 0.25) is 0 Å². The van der Waals surface area contributed by atoms with Crippen molar-refractivity contribution in [2.45, 2.75) is 32.7 Å². The number of halogens is 2. The van der Waals surface area contributed by atoms with Crippen molar-refractivity contribution in [3.8, 4) is 0 Å². The summed E-state index contributed by atoms with van der Waals surface area (Å²) in [5, 5.41) is 4.29.